The summed E-state index contributed by atoms with van der Waals surface area (Å²) in [5.74, 6) is 0. The summed E-state index contributed by atoms with van der Waals surface area (Å²) in [5, 5.41) is 4.72. The highest BCUT2D eigenvalue weighted by Crippen LogP contribution is 2.23. The molecule has 0 aromatic heterocycles. The van der Waals surface area contributed by atoms with Gasteiger partial charge in [-0.05, 0) is 26.0 Å². The van der Waals surface area contributed by atoms with Crippen LogP contribution in [0.25, 0.3) is 0 Å². The van der Waals surface area contributed by atoms with Crippen LogP contribution >= 0.6 is 23.2 Å². The molecule has 1 unspecified atom stereocenters. The van der Waals surface area contributed by atoms with Crippen molar-refractivity contribution in [3.05, 3.63) is 33.8 Å². The van der Waals surface area contributed by atoms with Gasteiger partial charge in [-0.3, -0.25) is 0 Å². The lowest BCUT2D eigenvalue weighted by atomic mass is 10.2. The Kier molecular flexibility index (Phi) is 6.14. The lowest BCUT2D eigenvalue weighted by Gasteiger charge is -2.15. The van der Waals surface area contributed by atoms with Crippen LogP contribution in [0.1, 0.15) is 19.4 Å². The van der Waals surface area contributed by atoms with E-state index in [1.54, 1.807) is 0 Å². The number of rotatable bonds is 6. The zero-order valence-electron chi connectivity index (χ0n) is 9.59. The highest BCUT2D eigenvalue weighted by Gasteiger charge is 2.07. The van der Waals surface area contributed by atoms with Crippen LogP contribution in [0, 0.1) is 0 Å². The summed E-state index contributed by atoms with van der Waals surface area (Å²) in [6, 6.07) is 5.82. The van der Waals surface area contributed by atoms with E-state index in [-0.39, 0.29) is 6.04 Å². The quantitative estimate of drug-likeness (QED) is 0.847. The van der Waals surface area contributed by atoms with Crippen LogP contribution in [-0.2, 0) is 11.3 Å². The second kappa shape index (κ2) is 7.13. The Morgan fingerprint density at radius 1 is 1.31 bits per heavy atom. The summed E-state index contributed by atoms with van der Waals surface area (Å²) in [7, 11) is 0. The van der Waals surface area contributed by atoms with Crippen molar-refractivity contribution in [3.63, 3.8) is 0 Å². The Morgan fingerprint density at radius 3 is 2.50 bits per heavy atom. The highest BCUT2D eigenvalue weighted by atomic mass is 35.5. The molecule has 0 aliphatic carbocycles. The van der Waals surface area contributed by atoms with Gasteiger partial charge >= 0.3 is 0 Å². The van der Waals surface area contributed by atoms with Gasteiger partial charge < -0.3 is 10.1 Å². The molecule has 16 heavy (non-hydrogen) atoms. The van der Waals surface area contributed by atoms with Crippen molar-refractivity contribution in [2.45, 2.75) is 26.4 Å². The first-order chi connectivity index (χ1) is 7.65. The zero-order valence-corrected chi connectivity index (χ0v) is 11.1. The van der Waals surface area contributed by atoms with Crippen LogP contribution in [0.3, 0.4) is 0 Å². The maximum Gasteiger partial charge on any atom is 0.0616 e. The van der Waals surface area contributed by atoms with Crippen molar-refractivity contribution in [2.24, 2.45) is 0 Å². The lowest BCUT2D eigenvalue weighted by Crippen LogP contribution is -2.30. The van der Waals surface area contributed by atoms with Gasteiger partial charge in [0.05, 0.1) is 6.61 Å². The summed E-state index contributed by atoms with van der Waals surface area (Å²) in [6.45, 7) is 6.14. The third-order valence-electron chi connectivity index (χ3n) is 2.26. The fraction of sp³-hybridized carbons (Fsp3) is 0.500. The van der Waals surface area contributed by atoms with Gasteiger partial charge in [0.15, 0.2) is 0 Å². The molecule has 1 aromatic rings. The molecule has 0 aliphatic rings. The van der Waals surface area contributed by atoms with Gasteiger partial charge in [-0.2, -0.15) is 0 Å². The average Bonchev–Trinajstić information content (AvgIpc) is 2.25. The summed E-state index contributed by atoms with van der Waals surface area (Å²) in [5.41, 5.74) is 0.939. The lowest BCUT2D eigenvalue weighted by molar-refractivity contribution is 0.127. The van der Waals surface area contributed by atoms with E-state index in [1.807, 2.05) is 25.1 Å². The van der Waals surface area contributed by atoms with Gasteiger partial charge in [-0.25, -0.2) is 0 Å². The Labute approximate surface area is 107 Å². The number of halogens is 2. The number of hydrogen-bond acceptors (Lipinski definition) is 2. The minimum atomic E-state index is 0.285. The molecule has 0 saturated carbocycles. The first-order valence-electron chi connectivity index (χ1n) is 5.39. The second-order valence-corrected chi connectivity index (χ2v) is 4.46. The summed E-state index contributed by atoms with van der Waals surface area (Å²) < 4.78 is 5.32. The molecule has 2 nitrogen and oxygen atoms in total. The Hall–Kier alpha value is -0.280. The molecular weight excluding hydrogens is 245 g/mol. The smallest absolute Gasteiger partial charge is 0.0616 e. The van der Waals surface area contributed by atoms with Crippen molar-refractivity contribution >= 4 is 23.2 Å². The van der Waals surface area contributed by atoms with E-state index in [0.717, 1.165) is 12.2 Å². The normalized spacial score (nSPS) is 12.8. The van der Waals surface area contributed by atoms with E-state index in [4.69, 9.17) is 27.9 Å². The highest BCUT2D eigenvalue weighted by molar-refractivity contribution is 6.35. The van der Waals surface area contributed by atoms with Crippen LogP contribution < -0.4 is 5.32 Å². The van der Waals surface area contributed by atoms with Crippen molar-refractivity contribution < 1.29 is 4.74 Å². The van der Waals surface area contributed by atoms with Crippen LogP contribution in [-0.4, -0.2) is 19.3 Å². The predicted octanol–water partition coefficient (Wildman–Crippen LogP) is 3.51. The number of benzene rings is 1. The SMILES string of the molecule is CCOCC(C)NCc1c(Cl)cccc1Cl. The topological polar surface area (TPSA) is 21.3 Å². The maximum atomic E-state index is 6.06. The standard InChI is InChI=1S/C12H17Cl2NO/c1-3-16-8-9(2)15-7-10-11(13)5-4-6-12(10)14/h4-6,9,15H,3,7-8H2,1-2H3. The average molecular weight is 262 g/mol. The third kappa shape index (κ3) is 4.30. The van der Waals surface area contributed by atoms with Gasteiger partial charge in [0.25, 0.3) is 0 Å². The zero-order chi connectivity index (χ0) is 12.0. The van der Waals surface area contributed by atoms with Crippen molar-refractivity contribution in [3.8, 4) is 0 Å². The van der Waals surface area contributed by atoms with Gasteiger partial charge in [0.2, 0.25) is 0 Å². The van der Waals surface area contributed by atoms with Gasteiger partial charge in [-0.15, -0.1) is 0 Å². The summed E-state index contributed by atoms with van der Waals surface area (Å²) in [6.07, 6.45) is 0. The molecule has 0 fully saturated rings. The number of ether oxygens (including phenoxy) is 1. The molecule has 0 bridgehead atoms. The maximum absolute atomic E-state index is 6.06. The van der Waals surface area contributed by atoms with Crippen molar-refractivity contribution in [1.82, 2.24) is 5.32 Å². The largest absolute Gasteiger partial charge is 0.380 e. The molecule has 1 atom stereocenters. The summed E-state index contributed by atoms with van der Waals surface area (Å²) in [4.78, 5) is 0. The first kappa shape index (κ1) is 13.8. The van der Waals surface area contributed by atoms with Crippen LogP contribution in [0.2, 0.25) is 10.0 Å². The van der Waals surface area contributed by atoms with E-state index < -0.39 is 0 Å². The van der Waals surface area contributed by atoms with E-state index in [1.165, 1.54) is 0 Å². The minimum Gasteiger partial charge on any atom is -0.380 e. The van der Waals surface area contributed by atoms with Gasteiger partial charge in [0, 0.05) is 34.8 Å². The molecule has 0 saturated heterocycles. The predicted molar refractivity (Wildman–Crippen MR) is 69.3 cm³/mol. The Morgan fingerprint density at radius 2 is 1.94 bits per heavy atom. The Balaban J connectivity index is 2.48. The van der Waals surface area contributed by atoms with Gasteiger partial charge in [0.1, 0.15) is 0 Å². The first-order valence-corrected chi connectivity index (χ1v) is 6.14. The second-order valence-electron chi connectivity index (χ2n) is 3.64. The number of nitrogens with one attached hydrogen (secondary N) is 1. The van der Waals surface area contributed by atoms with E-state index >= 15 is 0 Å². The minimum absolute atomic E-state index is 0.285. The molecule has 0 heterocycles. The fourth-order valence-corrected chi connectivity index (χ4v) is 1.86. The molecule has 1 N–H and O–H groups in total. The van der Waals surface area contributed by atoms with Crippen LogP contribution in [0.15, 0.2) is 18.2 Å². The molecule has 0 spiro atoms. The van der Waals surface area contributed by atoms with E-state index in [0.29, 0.717) is 23.2 Å². The summed E-state index contributed by atoms with van der Waals surface area (Å²) >= 11 is 12.1. The van der Waals surface area contributed by atoms with Gasteiger partial charge in [-0.1, -0.05) is 29.3 Å². The molecular formula is C12H17Cl2NO. The Bertz CT molecular complexity index is 311. The van der Waals surface area contributed by atoms with Crippen molar-refractivity contribution in [1.29, 1.82) is 0 Å². The molecule has 4 heteroatoms. The molecule has 0 radical (unpaired) electrons. The van der Waals surface area contributed by atoms with E-state index in [2.05, 4.69) is 12.2 Å². The fourth-order valence-electron chi connectivity index (χ4n) is 1.33. The van der Waals surface area contributed by atoms with Crippen LogP contribution in [0.5, 0.6) is 0 Å². The number of hydrogen-bond donors (Lipinski definition) is 1. The molecule has 0 aliphatic heterocycles. The molecule has 1 aromatic carbocycles. The molecule has 1 rings (SSSR count). The monoisotopic (exact) mass is 261 g/mol. The van der Waals surface area contributed by atoms with Crippen molar-refractivity contribution in [2.75, 3.05) is 13.2 Å². The molecule has 0 amide bonds. The van der Waals surface area contributed by atoms with E-state index in [9.17, 15) is 0 Å². The third-order valence-corrected chi connectivity index (χ3v) is 2.97. The molecule has 90 valence electrons. The van der Waals surface area contributed by atoms with Crippen LogP contribution in [0.4, 0.5) is 0 Å².